The van der Waals surface area contributed by atoms with Gasteiger partial charge in [-0.05, 0) is 43.6 Å². The molecule has 26 heavy (non-hydrogen) atoms. The van der Waals surface area contributed by atoms with Gasteiger partial charge >= 0.3 is 0 Å². The summed E-state index contributed by atoms with van der Waals surface area (Å²) < 4.78 is 0. The van der Waals surface area contributed by atoms with E-state index in [0.29, 0.717) is 15.6 Å². The maximum atomic E-state index is 12.9. The lowest BCUT2D eigenvalue weighted by Crippen LogP contribution is -2.40. The number of amides is 1. The molecule has 4 nitrogen and oxygen atoms in total. The Morgan fingerprint density at radius 3 is 2.46 bits per heavy atom. The first kappa shape index (κ1) is 19.2. The lowest BCUT2D eigenvalue weighted by atomic mass is 10.0. The predicted octanol–water partition coefficient (Wildman–Crippen LogP) is 3.98. The smallest absolute Gasteiger partial charge is 0.242 e. The van der Waals surface area contributed by atoms with Crippen molar-refractivity contribution in [3.05, 3.63) is 69.7 Å². The number of carbonyl (C=O) groups excluding carboxylic acids is 1. The molecule has 2 aromatic rings. The number of benzene rings is 2. The Morgan fingerprint density at radius 2 is 1.81 bits per heavy atom. The van der Waals surface area contributed by atoms with Gasteiger partial charge in [-0.3, -0.25) is 9.69 Å². The van der Waals surface area contributed by atoms with Crippen molar-refractivity contribution < 1.29 is 9.90 Å². The third kappa shape index (κ3) is 4.57. The molecule has 2 aromatic carbocycles. The van der Waals surface area contributed by atoms with Gasteiger partial charge in [0.25, 0.3) is 0 Å². The van der Waals surface area contributed by atoms with Gasteiger partial charge in [-0.1, -0.05) is 59.6 Å². The molecule has 1 fully saturated rings. The fourth-order valence-electron chi connectivity index (χ4n) is 3.34. The molecule has 2 atom stereocenters. The average molecular weight is 393 g/mol. The van der Waals surface area contributed by atoms with Gasteiger partial charge in [0.2, 0.25) is 5.91 Å². The van der Waals surface area contributed by atoms with E-state index in [1.54, 1.807) is 18.2 Å². The second-order valence-electron chi connectivity index (χ2n) is 6.48. The molecule has 0 bridgehead atoms. The molecule has 0 aliphatic carbocycles. The van der Waals surface area contributed by atoms with Gasteiger partial charge in [-0.15, -0.1) is 0 Å². The maximum absolute atomic E-state index is 12.9. The van der Waals surface area contributed by atoms with E-state index < -0.39 is 6.10 Å². The normalized spacial score (nSPS) is 17.0. The number of halogens is 2. The van der Waals surface area contributed by atoms with Crippen LogP contribution in [0.2, 0.25) is 10.0 Å². The number of rotatable bonds is 6. The number of nitrogens with one attached hydrogen (secondary N) is 1. The van der Waals surface area contributed by atoms with Crippen LogP contribution in [0, 0.1) is 0 Å². The van der Waals surface area contributed by atoms with E-state index >= 15 is 0 Å². The van der Waals surface area contributed by atoms with E-state index in [1.807, 2.05) is 30.3 Å². The summed E-state index contributed by atoms with van der Waals surface area (Å²) in [5, 5.41) is 14.2. The highest BCUT2D eigenvalue weighted by Crippen LogP contribution is 2.27. The molecule has 1 amide bonds. The van der Waals surface area contributed by atoms with Crippen LogP contribution >= 0.6 is 23.2 Å². The summed E-state index contributed by atoms with van der Waals surface area (Å²) in [5.41, 5.74) is 1.51. The number of hydrogen-bond donors (Lipinski definition) is 2. The van der Waals surface area contributed by atoms with Crippen molar-refractivity contribution in [2.45, 2.75) is 25.0 Å². The van der Waals surface area contributed by atoms with Gasteiger partial charge < -0.3 is 10.4 Å². The van der Waals surface area contributed by atoms with Gasteiger partial charge in [0.1, 0.15) is 6.04 Å². The molecular formula is C20H22Cl2N2O2. The maximum Gasteiger partial charge on any atom is 0.242 e. The summed E-state index contributed by atoms with van der Waals surface area (Å²) in [6.07, 6.45) is 1.30. The number of aliphatic hydroxyl groups is 1. The highest BCUT2D eigenvalue weighted by atomic mass is 35.5. The van der Waals surface area contributed by atoms with Gasteiger partial charge in [-0.25, -0.2) is 0 Å². The van der Waals surface area contributed by atoms with Crippen LogP contribution in [-0.2, 0) is 4.79 Å². The zero-order chi connectivity index (χ0) is 18.5. The van der Waals surface area contributed by atoms with Crippen molar-refractivity contribution in [3.8, 4) is 0 Å². The van der Waals surface area contributed by atoms with Crippen LogP contribution in [0.1, 0.15) is 36.1 Å². The highest BCUT2D eigenvalue weighted by Gasteiger charge is 2.29. The van der Waals surface area contributed by atoms with E-state index in [2.05, 4.69) is 10.2 Å². The molecule has 1 aliphatic rings. The van der Waals surface area contributed by atoms with Gasteiger partial charge in [0.15, 0.2) is 0 Å². The van der Waals surface area contributed by atoms with E-state index in [9.17, 15) is 9.90 Å². The average Bonchev–Trinajstić information content (AvgIpc) is 3.15. The summed E-state index contributed by atoms with van der Waals surface area (Å²) in [5.74, 6) is -0.109. The Morgan fingerprint density at radius 1 is 1.12 bits per heavy atom. The molecule has 6 heteroatoms. The van der Waals surface area contributed by atoms with E-state index in [0.717, 1.165) is 31.5 Å². The molecule has 2 unspecified atom stereocenters. The number of hydrogen-bond acceptors (Lipinski definition) is 3. The van der Waals surface area contributed by atoms with E-state index in [1.165, 1.54) is 0 Å². The molecule has 3 rings (SSSR count). The molecule has 138 valence electrons. The first-order chi connectivity index (χ1) is 12.6. The van der Waals surface area contributed by atoms with Gasteiger partial charge in [0, 0.05) is 22.2 Å². The summed E-state index contributed by atoms with van der Waals surface area (Å²) in [4.78, 5) is 15.1. The molecular weight excluding hydrogens is 371 g/mol. The molecule has 1 heterocycles. The predicted molar refractivity (Wildman–Crippen MR) is 104 cm³/mol. The Balaban J connectivity index is 1.69. The van der Waals surface area contributed by atoms with Crippen LogP contribution in [0.15, 0.2) is 48.5 Å². The monoisotopic (exact) mass is 392 g/mol. The standard InChI is InChI=1S/C20H22Cl2N2O2/c21-15-8-9-16(17(22)12-15)18(25)13-23-20(26)19(24-10-4-5-11-24)14-6-2-1-3-7-14/h1-3,6-9,12,18-19,25H,4-5,10-11,13H2,(H,23,26). The highest BCUT2D eigenvalue weighted by molar-refractivity contribution is 6.35. The van der Waals surface area contributed by atoms with Crippen LogP contribution in [0.3, 0.4) is 0 Å². The van der Waals surface area contributed by atoms with Crippen LogP contribution in [0.5, 0.6) is 0 Å². The molecule has 0 aromatic heterocycles. The minimum atomic E-state index is -0.890. The topological polar surface area (TPSA) is 52.6 Å². The van der Waals surface area contributed by atoms with Crippen LogP contribution < -0.4 is 5.32 Å². The van der Waals surface area contributed by atoms with E-state index in [4.69, 9.17) is 23.2 Å². The van der Waals surface area contributed by atoms with Crippen molar-refractivity contribution in [1.29, 1.82) is 0 Å². The number of carbonyl (C=O) groups is 1. The van der Waals surface area contributed by atoms with Crippen molar-refractivity contribution in [1.82, 2.24) is 10.2 Å². The first-order valence-electron chi connectivity index (χ1n) is 8.76. The van der Waals surface area contributed by atoms with Crippen molar-refractivity contribution >= 4 is 29.1 Å². The zero-order valence-corrected chi connectivity index (χ0v) is 15.9. The number of nitrogens with zero attached hydrogens (tertiary/aromatic N) is 1. The lowest BCUT2D eigenvalue weighted by Gasteiger charge is -2.27. The first-order valence-corrected chi connectivity index (χ1v) is 9.51. The number of aliphatic hydroxyl groups excluding tert-OH is 1. The zero-order valence-electron chi connectivity index (χ0n) is 14.4. The third-order valence-corrected chi connectivity index (χ3v) is 5.22. The number of likely N-dealkylation sites (tertiary alicyclic amines) is 1. The fourth-order valence-corrected chi connectivity index (χ4v) is 3.87. The molecule has 1 aliphatic heterocycles. The minimum Gasteiger partial charge on any atom is -0.387 e. The van der Waals surface area contributed by atoms with Gasteiger partial charge in [-0.2, -0.15) is 0 Å². The minimum absolute atomic E-state index is 0.0946. The van der Waals surface area contributed by atoms with Gasteiger partial charge in [0.05, 0.1) is 6.10 Å². The molecule has 1 saturated heterocycles. The van der Waals surface area contributed by atoms with E-state index in [-0.39, 0.29) is 18.5 Å². The van der Waals surface area contributed by atoms with Crippen molar-refractivity contribution in [2.24, 2.45) is 0 Å². The second kappa shape index (κ2) is 8.87. The Kier molecular flexibility index (Phi) is 6.54. The molecule has 0 spiro atoms. The fraction of sp³-hybridized carbons (Fsp3) is 0.350. The van der Waals surface area contributed by atoms with Crippen molar-refractivity contribution in [3.63, 3.8) is 0 Å². The molecule has 0 radical (unpaired) electrons. The molecule has 0 saturated carbocycles. The van der Waals surface area contributed by atoms with Crippen LogP contribution in [0.25, 0.3) is 0 Å². The lowest BCUT2D eigenvalue weighted by molar-refractivity contribution is -0.126. The summed E-state index contributed by atoms with van der Waals surface area (Å²) in [6, 6.07) is 14.3. The summed E-state index contributed by atoms with van der Waals surface area (Å²) >= 11 is 12.0. The largest absolute Gasteiger partial charge is 0.387 e. The van der Waals surface area contributed by atoms with Crippen molar-refractivity contribution in [2.75, 3.05) is 19.6 Å². The third-order valence-electron chi connectivity index (χ3n) is 4.66. The summed E-state index contributed by atoms with van der Waals surface area (Å²) in [6.45, 7) is 1.90. The summed E-state index contributed by atoms with van der Waals surface area (Å²) in [7, 11) is 0. The molecule has 2 N–H and O–H groups in total. The second-order valence-corrected chi connectivity index (χ2v) is 7.33. The Hall–Kier alpha value is -1.59. The van der Waals surface area contributed by atoms with Crippen LogP contribution in [-0.4, -0.2) is 35.5 Å². The Labute approximate surface area is 163 Å². The SMILES string of the molecule is O=C(NCC(O)c1ccc(Cl)cc1Cl)C(c1ccccc1)N1CCCC1. The Bertz CT molecular complexity index is 749. The quantitative estimate of drug-likeness (QED) is 0.781. The van der Waals surface area contributed by atoms with Crippen LogP contribution in [0.4, 0.5) is 0 Å².